The molecule has 4 nitrogen and oxygen atoms in total. The fourth-order valence-corrected chi connectivity index (χ4v) is 4.71. The molecule has 26 heavy (non-hydrogen) atoms. The first-order valence-corrected chi connectivity index (χ1v) is 10.2. The van der Waals surface area contributed by atoms with Crippen molar-refractivity contribution in [2.24, 2.45) is 0 Å². The number of benzene rings is 1. The number of likely N-dealkylation sites (N-methyl/N-ethyl adjacent to an activating group) is 1. The standard InChI is InChI=1S/C22H31N3O/c1-16-8-9-20-18(14-16)19-15-24(2)12-10-21(19)25(20)13-11-22(26)23-17-6-4-3-5-7-17/h8-9,14,17H,3-7,10-13,15H2,1-2H3,(H,23,26). The number of nitrogens with one attached hydrogen (secondary N) is 1. The average molecular weight is 354 g/mol. The maximum atomic E-state index is 12.5. The van der Waals surface area contributed by atoms with Crippen molar-refractivity contribution in [1.29, 1.82) is 0 Å². The third-order valence-electron chi connectivity index (χ3n) is 6.13. The molecule has 0 unspecified atom stereocenters. The van der Waals surface area contributed by atoms with Crippen LogP contribution in [-0.4, -0.2) is 35.0 Å². The van der Waals surface area contributed by atoms with E-state index < -0.39 is 0 Å². The molecule has 1 N–H and O–H groups in total. The zero-order valence-electron chi connectivity index (χ0n) is 16.2. The summed E-state index contributed by atoms with van der Waals surface area (Å²) in [4.78, 5) is 14.9. The second-order valence-corrected chi connectivity index (χ2v) is 8.24. The van der Waals surface area contributed by atoms with Gasteiger partial charge in [0.25, 0.3) is 0 Å². The van der Waals surface area contributed by atoms with Crippen LogP contribution in [0.4, 0.5) is 0 Å². The lowest BCUT2D eigenvalue weighted by atomic mass is 9.95. The molecule has 2 aromatic rings. The van der Waals surface area contributed by atoms with Crippen LogP contribution < -0.4 is 5.32 Å². The summed E-state index contributed by atoms with van der Waals surface area (Å²) in [7, 11) is 2.19. The highest BCUT2D eigenvalue weighted by atomic mass is 16.1. The van der Waals surface area contributed by atoms with E-state index >= 15 is 0 Å². The molecule has 4 rings (SSSR count). The molecule has 1 aromatic carbocycles. The van der Waals surface area contributed by atoms with Crippen LogP contribution in [0.25, 0.3) is 10.9 Å². The first-order valence-electron chi connectivity index (χ1n) is 10.2. The van der Waals surface area contributed by atoms with Crippen molar-refractivity contribution >= 4 is 16.8 Å². The number of rotatable bonds is 4. The van der Waals surface area contributed by atoms with Gasteiger partial charge in [-0.05, 0) is 44.5 Å². The minimum absolute atomic E-state index is 0.215. The predicted molar refractivity (Wildman–Crippen MR) is 106 cm³/mol. The molecule has 4 heteroatoms. The number of carbonyl (C=O) groups excluding carboxylic acids is 1. The quantitative estimate of drug-likeness (QED) is 0.908. The lowest BCUT2D eigenvalue weighted by Gasteiger charge is -2.25. The van der Waals surface area contributed by atoms with Crippen LogP contribution >= 0.6 is 0 Å². The van der Waals surface area contributed by atoms with Crippen LogP contribution in [0.1, 0.15) is 55.3 Å². The van der Waals surface area contributed by atoms with E-state index in [9.17, 15) is 4.79 Å². The van der Waals surface area contributed by atoms with E-state index in [1.807, 2.05) is 0 Å². The molecule has 1 aliphatic carbocycles. The summed E-state index contributed by atoms with van der Waals surface area (Å²) in [5.74, 6) is 0.215. The number of hydrogen-bond donors (Lipinski definition) is 1. The smallest absolute Gasteiger partial charge is 0.222 e. The molecule has 1 aromatic heterocycles. The Kier molecular flexibility index (Phi) is 5.03. The third kappa shape index (κ3) is 3.52. The summed E-state index contributed by atoms with van der Waals surface area (Å²) in [6, 6.07) is 7.15. The summed E-state index contributed by atoms with van der Waals surface area (Å²) in [5.41, 5.74) is 5.50. The van der Waals surface area contributed by atoms with Gasteiger partial charge in [0.15, 0.2) is 0 Å². The zero-order chi connectivity index (χ0) is 18.1. The van der Waals surface area contributed by atoms with Crippen molar-refractivity contribution in [1.82, 2.24) is 14.8 Å². The van der Waals surface area contributed by atoms with Crippen LogP contribution in [0.5, 0.6) is 0 Å². The monoisotopic (exact) mass is 353 g/mol. The van der Waals surface area contributed by atoms with Crippen molar-refractivity contribution in [2.45, 2.75) is 71.0 Å². The fourth-order valence-electron chi connectivity index (χ4n) is 4.71. The van der Waals surface area contributed by atoms with Gasteiger partial charge in [0.1, 0.15) is 0 Å². The molecule has 1 fully saturated rings. The van der Waals surface area contributed by atoms with E-state index in [4.69, 9.17) is 0 Å². The number of nitrogens with zero attached hydrogens (tertiary/aromatic N) is 2. The van der Waals surface area contributed by atoms with Crippen molar-refractivity contribution in [2.75, 3.05) is 13.6 Å². The van der Waals surface area contributed by atoms with Gasteiger partial charge in [0.05, 0.1) is 0 Å². The van der Waals surface area contributed by atoms with E-state index in [2.05, 4.69) is 47.0 Å². The van der Waals surface area contributed by atoms with Crippen molar-refractivity contribution in [3.63, 3.8) is 0 Å². The molecule has 0 atom stereocenters. The first kappa shape index (κ1) is 17.6. The second-order valence-electron chi connectivity index (χ2n) is 8.24. The van der Waals surface area contributed by atoms with Gasteiger partial charge in [-0.15, -0.1) is 0 Å². The molecule has 1 amide bonds. The predicted octanol–water partition coefficient (Wildman–Crippen LogP) is 3.78. The van der Waals surface area contributed by atoms with E-state index in [0.29, 0.717) is 12.5 Å². The Balaban J connectivity index is 1.53. The Morgan fingerprint density at radius 3 is 2.85 bits per heavy atom. The normalized spacial score (nSPS) is 18.8. The topological polar surface area (TPSA) is 37.3 Å². The lowest BCUT2D eigenvalue weighted by Crippen LogP contribution is -2.36. The van der Waals surface area contributed by atoms with E-state index in [1.165, 1.54) is 47.0 Å². The Bertz CT molecular complexity index is 801. The highest BCUT2D eigenvalue weighted by molar-refractivity contribution is 5.87. The van der Waals surface area contributed by atoms with Gasteiger partial charge in [0, 0.05) is 55.1 Å². The molecule has 1 aliphatic heterocycles. The molecule has 0 radical (unpaired) electrons. The summed E-state index contributed by atoms with van der Waals surface area (Å²) < 4.78 is 2.41. The maximum absolute atomic E-state index is 12.5. The average Bonchev–Trinajstić information content (AvgIpc) is 2.93. The van der Waals surface area contributed by atoms with Gasteiger partial charge in [-0.1, -0.05) is 30.9 Å². The van der Waals surface area contributed by atoms with Gasteiger partial charge < -0.3 is 14.8 Å². The van der Waals surface area contributed by atoms with E-state index in [-0.39, 0.29) is 5.91 Å². The Morgan fingerprint density at radius 1 is 1.23 bits per heavy atom. The van der Waals surface area contributed by atoms with Gasteiger partial charge in [-0.2, -0.15) is 0 Å². The number of hydrogen-bond acceptors (Lipinski definition) is 2. The summed E-state index contributed by atoms with van der Waals surface area (Å²) in [6.45, 7) is 5.05. The lowest BCUT2D eigenvalue weighted by molar-refractivity contribution is -0.122. The zero-order valence-corrected chi connectivity index (χ0v) is 16.2. The van der Waals surface area contributed by atoms with Crippen molar-refractivity contribution in [3.05, 3.63) is 35.0 Å². The number of aromatic nitrogens is 1. The summed E-state index contributed by atoms with van der Waals surface area (Å²) in [5, 5.41) is 4.64. The number of carbonyl (C=O) groups is 1. The molecular weight excluding hydrogens is 322 g/mol. The van der Waals surface area contributed by atoms with Crippen LogP contribution in [0, 0.1) is 6.92 Å². The summed E-state index contributed by atoms with van der Waals surface area (Å²) >= 11 is 0. The molecule has 0 saturated heterocycles. The van der Waals surface area contributed by atoms with Gasteiger partial charge >= 0.3 is 0 Å². The SMILES string of the molecule is Cc1ccc2c(c1)c1c(n2CCC(=O)NC2CCCCC2)CCN(C)C1. The number of aryl methyl sites for hydroxylation is 2. The second kappa shape index (κ2) is 7.43. The van der Waals surface area contributed by atoms with E-state index in [0.717, 1.165) is 38.9 Å². The minimum atomic E-state index is 0.215. The van der Waals surface area contributed by atoms with Crippen molar-refractivity contribution < 1.29 is 4.79 Å². The van der Waals surface area contributed by atoms with Crippen molar-refractivity contribution in [3.8, 4) is 0 Å². The summed E-state index contributed by atoms with van der Waals surface area (Å²) in [6.07, 6.45) is 7.79. The third-order valence-corrected chi connectivity index (χ3v) is 6.13. The van der Waals surface area contributed by atoms with E-state index in [1.54, 1.807) is 0 Å². The number of amides is 1. The van der Waals surface area contributed by atoms with Gasteiger partial charge in [0.2, 0.25) is 5.91 Å². The highest BCUT2D eigenvalue weighted by Crippen LogP contribution is 2.31. The molecule has 1 saturated carbocycles. The highest BCUT2D eigenvalue weighted by Gasteiger charge is 2.23. The molecule has 2 aliphatic rings. The maximum Gasteiger partial charge on any atom is 0.222 e. The van der Waals surface area contributed by atoms with Crippen LogP contribution in [0.15, 0.2) is 18.2 Å². The van der Waals surface area contributed by atoms with Crippen LogP contribution in [0.2, 0.25) is 0 Å². The molecule has 0 bridgehead atoms. The Morgan fingerprint density at radius 2 is 2.04 bits per heavy atom. The van der Waals surface area contributed by atoms with Crippen LogP contribution in [0.3, 0.4) is 0 Å². The Labute approximate surface area is 156 Å². The fraction of sp³-hybridized carbons (Fsp3) is 0.591. The van der Waals surface area contributed by atoms with Crippen LogP contribution in [-0.2, 0) is 24.3 Å². The molecule has 2 heterocycles. The molecule has 0 spiro atoms. The molecular formula is C22H31N3O. The van der Waals surface area contributed by atoms with Gasteiger partial charge in [-0.25, -0.2) is 0 Å². The Hall–Kier alpha value is -1.81. The minimum Gasteiger partial charge on any atom is -0.353 e. The first-order chi connectivity index (χ1) is 12.6. The molecule has 140 valence electrons. The van der Waals surface area contributed by atoms with Gasteiger partial charge in [-0.3, -0.25) is 4.79 Å². The largest absolute Gasteiger partial charge is 0.353 e. The number of fused-ring (bicyclic) bond motifs is 3.